The zero-order valence-corrected chi connectivity index (χ0v) is 20.8. The maximum atomic E-state index is 13.0. The van der Waals surface area contributed by atoms with Crippen molar-refractivity contribution in [1.29, 1.82) is 0 Å². The Hall–Kier alpha value is -3.84. The van der Waals surface area contributed by atoms with Gasteiger partial charge in [-0.25, -0.2) is 4.98 Å². The van der Waals surface area contributed by atoms with Crippen LogP contribution in [0.2, 0.25) is 0 Å². The van der Waals surface area contributed by atoms with Crippen LogP contribution in [0.4, 0.5) is 5.69 Å². The lowest BCUT2D eigenvalue weighted by Gasteiger charge is -2.20. The molecule has 4 aromatic rings. The number of methoxy groups -OCH3 is 1. The maximum Gasteiger partial charge on any atom is 0.227 e. The summed E-state index contributed by atoms with van der Waals surface area (Å²) in [6.45, 7) is 5.01. The minimum atomic E-state index is -0.744. The van der Waals surface area contributed by atoms with Gasteiger partial charge in [0.1, 0.15) is 30.0 Å². The molecule has 7 heteroatoms. The number of hydrogen-bond donors (Lipinski definition) is 1. The Labute approximate surface area is 210 Å². The number of benzene rings is 3. The molecule has 36 heavy (non-hydrogen) atoms. The van der Waals surface area contributed by atoms with Crippen molar-refractivity contribution in [3.05, 3.63) is 83.7 Å². The molecule has 5 rings (SSSR count). The summed E-state index contributed by atoms with van der Waals surface area (Å²) in [6.07, 6.45) is -0.387. The molecule has 1 aliphatic heterocycles. The van der Waals surface area contributed by atoms with E-state index in [1.165, 1.54) is 0 Å². The number of nitrogens with zero attached hydrogens (tertiary/aromatic N) is 3. The number of aliphatic hydroxyl groups is 1. The van der Waals surface area contributed by atoms with Gasteiger partial charge in [0.05, 0.1) is 24.7 Å². The summed E-state index contributed by atoms with van der Waals surface area (Å²) < 4.78 is 13.4. The van der Waals surface area contributed by atoms with Gasteiger partial charge >= 0.3 is 0 Å². The predicted molar refractivity (Wildman–Crippen MR) is 140 cm³/mol. The molecule has 0 saturated carbocycles. The highest BCUT2D eigenvalue weighted by Crippen LogP contribution is 2.34. The third kappa shape index (κ3) is 4.66. The lowest BCUT2D eigenvalue weighted by Crippen LogP contribution is -2.26. The molecule has 0 radical (unpaired) electrons. The number of fused-ring (bicyclic) bond motifs is 1. The van der Waals surface area contributed by atoms with E-state index in [4.69, 9.17) is 14.5 Å². The Kier molecular flexibility index (Phi) is 6.65. The van der Waals surface area contributed by atoms with Crippen molar-refractivity contribution in [2.75, 3.05) is 25.2 Å². The summed E-state index contributed by atoms with van der Waals surface area (Å²) in [5.41, 5.74) is 4.68. The van der Waals surface area contributed by atoms with Crippen LogP contribution in [0.25, 0.3) is 11.0 Å². The second-order valence-corrected chi connectivity index (χ2v) is 9.36. The van der Waals surface area contributed by atoms with E-state index in [0.717, 1.165) is 39.4 Å². The van der Waals surface area contributed by atoms with Crippen LogP contribution in [0, 0.1) is 13.8 Å². The number of carbonyl (C=O) groups is 1. The first-order valence-corrected chi connectivity index (χ1v) is 12.2. The summed E-state index contributed by atoms with van der Waals surface area (Å²) in [6, 6.07) is 21.4. The molecule has 1 aliphatic rings. The minimum absolute atomic E-state index is 0.0470. The van der Waals surface area contributed by atoms with Crippen molar-refractivity contribution in [1.82, 2.24) is 9.55 Å². The molecule has 2 atom stereocenters. The second-order valence-electron chi connectivity index (χ2n) is 9.36. The van der Waals surface area contributed by atoms with Crippen LogP contribution in [0.5, 0.6) is 11.5 Å². The maximum absolute atomic E-state index is 13.0. The summed E-state index contributed by atoms with van der Waals surface area (Å²) in [4.78, 5) is 19.7. The highest BCUT2D eigenvalue weighted by Gasteiger charge is 2.35. The molecule has 1 amide bonds. The van der Waals surface area contributed by atoms with Crippen molar-refractivity contribution in [2.24, 2.45) is 0 Å². The number of aryl methyl sites for hydroxylation is 2. The molecule has 2 heterocycles. The predicted octanol–water partition coefficient (Wildman–Crippen LogP) is 4.62. The first-order chi connectivity index (χ1) is 17.4. The molecule has 0 bridgehead atoms. The van der Waals surface area contributed by atoms with Crippen LogP contribution in [-0.2, 0) is 11.3 Å². The van der Waals surface area contributed by atoms with Crippen LogP contribution >= 0.6 is 0 Å². The number of anilines is 1. The number of amides is 1. The van der Waals surface area contributed by atoms with Gasteiger partial charge in [0.2, 0.25) is 5.91 Å². The summed E-state index contributed by atoms with van der Waals surface area (Å²) in [5, 5.41) is 11.0. The number of rotatable bonds is 8. The van der Waals surface area contributed by atoms with Crippen LogP contribution < -0.4 is 14.4 Å². The molecule has 0 unspecified atom stereocenters. The normalized spacial score (nSPS) is 16.5. The second kappa shape index (κ2) is 10.0. The van der Waals surface area contributed by atoms with Gasteiger partial charge in [-0.2, -0.15) is 0 Å². The number of carbonyl (C=O) groups excluding carboxylic acids is 1. The van der Waals surface area contributed by atoms with Gasteiger partial charge in [0, 0.05) is 30.6 Å². The fraction of sp³-hybridized carbons (Fsp3) is 0.310. The number of imidazole rings is 1. The number of para-hydroxylation sites is 3. The molecule has 1 aromatic heterocycles. The molecule has 0 aliphatic carbocycles. The lowest BCUT2D eigenvalue weighted by molar-refractivity contribution is -0.117. The fourth-order valence-corrected chi connectivity index (χ4v) is 4.98. The van der Waals surface area contributed by atoms with Gasteiger partial charge in [0.15, 0.2) is 0 Å². The number of aliphatic hydroxyl groups excluding tert-OH is 1. The third-order valence-electron chi connectivity index (χ3n) is 6.76. The topological polar surface area (TPSA) is 76.8 Å². The van der Waals surface area contributed by atoms with E-state index in [1.807, 2.05) is 85.1 Å². The standard InChI is InChI=1S/C29H31N3O4/c1-19-8-6-9-20(2)28(19)36-18-23(33)17-32-26-13-5-4-12-25(26)30-29(32)21-14-27(34)31(16-21)22-10-7-11-24(15-22)35-3/h4-13,15,21,23,33H,14,16-18H2,1-3H3/t21-,23-/m0/s1. The lowest BCUT2D eigenvalue weighted by atomic mass is 10.1. The Morgan fingerprint density at radius 3 is 2.58 bits per heavy atom. The largest absolute Gasteiger partial charge is 0.497 e. The quantitative estimate of drug-likeness (QED) is 0.394. The van der Waals surface area contributed by atoms with Gasteiger partial charge in [-0.3, -0.25) is 4.79 Å². The highest BCUT2D eigenvalue weighted by atomic mass is 16.5. The SMILES string of the molecule is COc1cccc(N2C[C@@H](c3nc4ccccc4n3C[C@H](O)COc3c(C)cccc3C)CC2=O)c1. The van der Waals surface area contributed by atoms with Gasteiger partial charge in [-0.1, -0.05) is 36.4 Å². The van der Waals surface area contributed by atoms with E-state index in [-0.39, 0.29) is 18.4 Å². The Morgan fingerprint density at radius 2 is 1.81 bits per heavy atom. The van der Waals surface area contributed by atoms with E-state index in [9.17, 15) is 9.90 Å². The Morgan fingerprint density at radius 1 is 1.06 bits per heavy atom. The molecule has 7 nitrogen and oxygen atoms in total. The van der Waals surface area contributed by atoms with Crippen molar-refractivity contribution in [2.45, 2.75) is 38.8 Å². The van der Waals surface area contributed by atoms with Crippen molar-refractivity contribution in [3.63, 3.8) is 0 Å². The van der Waals surface area contributed by atoms with Crippen LogP contribution in [-0.4, -0.2) is 46.9 Å². The molecule has 3 aromatic carbocycles. The summed E-state index contributed by atoms with van der Waals surface area (Å²) in [5.74, 6) is 2.28. The van der Waals surface area contributed by atoms with Crippen molar-refractivity contribution < 1.29 is 19.4 Å². The van der Waals surface area contributed by atoms with E-state index < -0.39 is 6.10 Å². The number of hydrogen-bond acceptors (Lipinski definition) is 5. The smallest absolute Gasteiger partial charge is 0.227 e. The summed E-state index contributed by atoms with van der Waals surface area (Å²) >= 11 is 0. The van der Waals surface area contributed by atoms with Gasteiger partial charge in [0.25, 0.3) is 0 Å². The van der Waals surface area contributed by atoms with Crippen LogP contribution in [0.3, 0.4) is 0 Å². The third-order valence-corrected chi connectivity index (χ3v) is 6.76. The molecule has 0 spiro atoms. The Bertz CT molecular complexity index is 1380. The van der Waals surface area contributed by atoms with Crippen LogP contribution in [0.15, 0.2) is 66.7 Å². The Balaban J connectivity index is 1.39. The van der Waals surface area contributed by atoms with E-state index in [2.05, 4.69) is 0 Å². The fourth-order valence-electron chi connectivity index (χ4n) is 4.98. The number of aromatic nitrogens is 2. The zero-order chi connectivity index (χ0) is 25.2. The van der Waals surface area contributed by atoms with Gasteiger partial charge < -0.3 is 24.0 Å². The average Bonchev–Trinajstić information content (AvgIpc) is 3.44. The molecule has 1 saturated heterocycles. The minimum Gasteiger partial charge on any atom is -0.497 e. The van der Waals surface area contributed by atoms with Gasteiger partial charge in [-0.05, 0) is 49.2 Å². The van der Waals surface area contributed by atoms with Crippen molar-refractivity contribution in [3.8, 4) is 11.5 Å². The molecule has 1 fully saturated rings. The first kappa shape index (κ1) is 23.9. The first-order valence-electron chi connectivity index (χ1n) is 12.2. The van der Waals surface area contributed by atoms with Crippen molar-refractivity contribution >= 4 is 22.6 Å². The van der Waals surface area contributed by atoms with Crippen LogP contribution in [0.1, 0.15) is 29.3 Å². The average molecular weight is 486 g/mol. The monoisotopic (exact) mass is 485 g/mol. The molecule has 1 N–H and O–H groups in total. The van der Waals surface area contributed by atoms with E-state index >= 15 is 0 Å². The zero-order valence-electron chi connectivity index (χ0n) is 20.8. The highest BCUT2D eigenvalue weighted by molar-refractivity contribution is 5.96. The van der Waals surface area contributed by atoms with Gasteiger partial charge in [-0.15, -0.1) is 0 Å². The van der Waals surface area contributed by atoms with E-state index in [1.54, 1.807) is 12.0 Å². The molecular formula is C29H31N3O4. The number of ether oxygens (including phenoxy) is 2. The molecular weight excluding hydrogens is 454 g/mol. The van der Waals surface area contributed by atoms with E-state index in [0.29, 0.717) is 25.3 Å². The molecule has 186 valence electrons. The summed E-state index contributed by atoms with van der Waals surface area (Å²) in [7, 11) is 1.62.